The predicted octanol–water partition coefficient (Wildman–Crippen LogP) is 2.94. The van der Waals surface area contributed by atoms with Crippen molar-refractivity contribution in [3.05, 3.63) is 54.3 Å². The van der Waals surface area contributed by atoms with Gasteiger partial charge in [-0.25, -0.2) is 15.0 Å². The van der Waals surface area contributed by atoms with Crippen molar-refractivity contribution in [2.24, 2.45) is 0 Å². The fourth-order valence-corrected chi connectivity index (χ4v) is 2.57. The molecule has 0 saturated heterocycles. The fraction of sp³-hybridized carbons (Fsp3) is 0.0667. The van der Waals surface area contributed by atoms with Gasteiger partial charge >= 0.3 is 0 Å². The molecule has 6 nitrogen and oxygen atoms in total. The minimum Gasteiger partial charge on any atom is -0.510 e. The van der Waals surface area contributed by atoms with Crippen LogP contribution in [0.1, 0.15) is 5.82 Å². The summed E-state index contributed by atoms with van der Waals surface area (Å²) in [5.41, 5.74) is 1.69. The zero-order valence-corrected chi connectivity index (χ0v) is 12.2. The summed E-state index contributed by atoms with van der Waals surface area (Å²) in [4.78, 5) is 15.5. The summed E-state index contributed by atoms with van der Waals surface area (Å²) in [6.07, 6.45) is 3.25. The number of aliphatic hydroxyl groups excluding tert-OH is 1. The Morgan fingerprint density at radius 1 is 1.23 bits per heavy atom. The molecule has 3 aromatic rings. The van der Waals surface area contributed by atoms with Crippen molar-refractivity contribution in [3.63, 3.8) is 0 Å². The Morgan fingerprint density at radius 2 is 2.00 bits per heavy atom. The molecule has 0 aliphatic carbocycles. The summed E-state index contributed by atoms with van der Waals surface area (Å²) in [5.74, 6) is 0.499. The lowest BCUT2D eigenvalue weighted by Crippen LogP contribution is -1.96. The molecule has 0 spiro atoms. The zero-order valence-electron chi connectivity index (χ0n) is 11.4. The number of H-pyrrole nitrogens is 1. The molecule has 0 bridgehead atoms. The number of aromatic amines is 1. The van der Waals surface area contributed by atoms with E-state index in [0.717, 1.165) is 11.0 Å². The second-order valence-corrected chi connectivity index (χ2v) is 5.30. The van der Waals surface area contributed by atoms with E-state index in [1.807, 2.05) is 30.3 Å². The second kappa shape index (κ2) is 6.28. The van der Waals surface area contributed by atoms with Crippen molar-refractivity contribution >= 4 is 28.4 Å². The van der Waals surface area contributed by atoms with E-state index in [1.54, 1.807) is 18.5 Å². The Labute approximate surface area is 130 Å². The summed E-state index contributed by atoms with van der Waals surface area (Å²) in [7, 11) is 0. The summed E-state index contributed by atoms with van der Waals surface area (Å²) < 4.78 is 0. The molecule has 0 saturated carbocycles. The SMILES string of the molecule is N#C/C(=C(/O)CSc1ncccn1)c1nc2ccccc2[nH]1. The van der Waals surface area contributed by atoms with Crippen molar-refractivity contribution in [3.8, 4) is 6.07 Å². The van der Waals surface area contributed by atoms with E-state index in [2.05, 4.69) is 19.9 Å². The summed E-state index contributed by atoms with van der Waals surface area (Å²) in [6, 6.07) is 11.2. The van der Waals surface area contributed by atoms with E-state index in [9.17, 15) is 10.4 Å². The molecule has 108 valence electrons. The highest BCUT2D eigenvalue weighted by Gasteiger charge is 2.13. The number of imidazole rings is 1. The number of nitrogens with zero attached hydrogens (tertiary/aromatic N) is 4. The average molecular weight is 309 g/mol. The number of aliphatic hydroxyl groups is 1. The third-order valence-electron chi connectivity index (χ3n) is 2.91. The first-order chi connectivity index (χ1) is 10.8. The Bertz CT molecular complexity index is 833. The highest BCUT2D eigenvalue weighted by atomic mass is 32.2. The van der Waals surface area contributed by atoms with E-state index >= 15 is 0 Å². The van der Waals surface area contributed by atoms with Crippen LogP contribution in [0.4, 0.5) is 0 Å². The number of thioether (sulfide) groups is 1. The molecule has 2 N–H and O–H groups in total. The fourth-order valence-electron chi connectivity index (χ4n) is 1.89. The van der Waals surface area contributed by atoms with Crippen molar-refractivity contribution in [1.82, 2.24) is 19.9 Å². The standard InChI is InChI=1S/C15H11N5OS/c16-8-10(13(21)9-22-15-17-6-3-7-18-15)14-19-11-4-1-2-5-12(11)20-14/h1-7,21H,9H2,(H,19,20)/b13-10-. The quantitative estimate of drug-likeness (QED) is 0.333. The van der Waals surface area contributed by atoms with Gasteiger partial charge in [-0.15, -0.1) is 0 Å². The number of nitriles is 1. The molecule has 0 amide bonds. The van der Waals surface area contributed by atoms with Crippen LogP contribution in [-0.4, -0.2) is 30.8 Å². The Hall–Kier alpha value is -2.85. The van der Waals surface area contributed by atoms with Crippen LogP contribution in [0.3, 0.4) is 0 Å². The summed E-state index contributed by atoms with van der Waals surface area (Å²) in [6.45, 7) is 0. The van der Waals surface area contributed by atoms with Crippen LogP contribution >= 0.6 is 11.8 Å². The molecule has 2 aromatic heterocycles. The lowest BCUT2D eigenvalue weighted by molar-refractivity contribution is 0.420. The minimum atomic E-state index is -0.0565. The van der Waals surface area contributed by atoms with Crippen LogP contribution in [-0.2, 0) is 0 Å². The monoisotopic (exact) mass is 309 g/mol. The van der Waals surface area contributed by atoms with Gasteiger partial charge in [-0.1, -0.05) is 23.9 Å². The largest absolute Gasteiger partial charge is 0.510 e. The smallest absolute Gasteiger partial charge is 0.187 e. The van der Waals surface area contributed by atoms with Gasteiger partial charge in [0.05, 0.1) is 16.8 Å². The maximum absolute atomic E-state index is 10.2. The van der Waals surface area contributed by atoms with E-state index in [4.69, 9.17) is 0 Å². The number of hydrogen-bond acceptors (Lipinski definition) is 6. The van der Waals surface area contributed by atoms with Crippen LogP contribution in [0.15, 0.2) is 53.6 Å². The number of nitrogens with one attached hydrogen (secondary N) is 1. The van der Waals surface area contributed by atoms with Crippen LogP contribution in [0.5, 0.6) is 0 Å². The molecule has 0 radical (unpaired) electrons. The predicted molar refractivity (Wildman–Crippen MR) is 84.0 cm³/mol. The minimum absolute atomic E-state index is 0.0565. The number of hydrogen-bond donors (Lipinski definition) is 2. The Balaban J connectivity index is 1.86. The van der Waals surface area contributed by atoms with Crippen LogP contribution < -0.4 is 0 Å². The van der Waals surface area contributed by atoms with E-state index in [1.165, 1.54) is 11.8 Å². The van der Waals surface area contributed by atoms with Gasteiger partial charge in [0, 0.05) is 12.4 Å². The highest BCUT2D eigenvalue weighted by Crippen LogP contribution is 2.22. The molecule has 3 rings (SSSR count). The first-order valence-corrected chi connectivity index (χ1v) is 7.43. The topological polar surface area (TPSA) is 98.5 Å². The van der Waals surface area contributed by atoms with Crippen molar-refractivity contribution in [1.29, 1.82) is 5.26 Å². The van der Waals surface area contributed by atoms with E-state index in [-0.39, 0.29) is 17.1 Å². The molecule has 7 heteroatoms. The molecule has 1 aromatic carbocycles. The Morgan fingerprint density at radius 3 is 2.73 bits per heavy atom. The number of allylic oxidation sites excluding steroid dienone is 1. The molecule has 2 heterocycles. The normalized spacial score (nSPS) is 12.0. The van der Waals surface area contributed by atoms with Gasteiger partial charge in [-0.05, 0) is 18.2 Å². The summed E-state index contributed by atoms with van der Waals surface area (Å²) in [5, 5.41) is 20.0. The van der Waals surface area contributed by atoms with Gasteiger partial charge in [0.25, 0.3) is 0 Å². The van der Waals surface area contributed by atoms with Crippen molar-refractivity contribution < 1.29 is 5.11 Å². The first kappa shape index (κ1) is 14.1. The van der Waals surface area contributed by atoms with Gasteiger partial charge in [0.2, 0.25) is 0 Å². The van der Waals surface area contributed by atoms with Crippen molar-refractivity contribution in [2.45, 2.75) is 5.16 Å². The average Bonchev–Trinajstić information content (AvgIpc) is 2.98. The van der Waals surface area contributed by atoms with Crippen molar-refractivity contribution in [2.75, 3.05) is 5.75 Å². The van der Waals surface area contributed by atoms with Gasteiger partial charge in [-0.3, -0.25) is 0 Å². The molecule has 0 aliphatic heterocycles. The number of benzene rings is 1. The summed E-state index contributed by atoms with van der Waals surface area (Å²) >= 11 is 1.25. The van der Waals surface area contributed by atoms with Gasteiger partial charge < -0.3 is 10.1 Å². The third kappa shape index (κ3) is 2.92. The van der Waals surface area contributed by atoms with Gasteiger partial charge in [0.1, 0.15) is 17.4 Å². The molecule has 0 unspecified atom stereocenters. The number of para-hydroxylation sites is 2. The van der Waals surface area contributed by atoms with Gasteiger partial charge in [0.15, 0.2) is 11.0 Å². The number of fused-ring (bicyclic) bond motifs is 1. The molecular weight excluding hydrogens is 298 g/mol. The van der Waals surface area contributed by atoms with E-state index < -0.39 is 0 Å². The van der Waals surface area contributed by atoms with E-state index in [0.29, 0.717) is 11.0 Å². The second-order valence-electron chi connectivity index (χ2n) is 4.36. The third-order valence-corrected chi connectivity index (χ3v) is 3.79. The van der Waals surface area contributed by atoms with Crippen LogP contribution in [0, 0.1) is 11.3 Å². The molecule has 22 heavy (non-hydrogen) atoms. The van der Waals surface area contributed by atoms with Crippen LogP contribution in [0.25, 0.3) is 16.6 Å². The maximum Gasteiger partial charge on any atom is 0.187 e. The highest BCUT2D eigenvalue weighted by molar-refractivity contribution is 7.99. The number of aromatic nitrogens is 4. The molecule has 0 atom stereocenters. The Kier molecular flexibility index (Phi) is 4.03. The molecule has 0 fully saturated rings. The lowest BCUT2D eigenvalue weighted by Gasteiger charge is -2.01. The first-order valence-electron chi connectivity index (χ1n) is 6.45. The zero-order chi connectivity index (χ0) is 15.4. The molecular formula is C15H11N5OS. The van der Waals surface area contributed by atoms with Crippen LogP contribution in [0.2, 0.25) is 0 Å². The maximum atomic E-state index is 10.2. The molecule has 0 aliphatic rings. The van der Waals surface area contributed by atoms with Gasteiger partial charge in [-0.2, -0.15) is 5.26 Å². The number of rotatable bonds is 4. The lowest BCUT2D eigenvalue weighted by atomic mass is 10.2.